The van der Waals surface area contributed by atoms with Crippen LogP contribution in [0.1, 0.15) is 27.0 Å². The zero-order valence-electron chi connectivity index (χ0n) is 16.5. The van der Waals surface area contributed by atoms with Crippen LogP contribution in [0.25, 0.3) is 17.2 Å². The molecule has 0 radical (unpaired) electrons. The van der Waals surface area contributed by atoms with Crippen molar-refractivity contribution in [3.8, 4) is 11.1 Å². The van der Waals surface area contributed by atoms with Crippen LogP contribution in [0.5, 0.6) is 0 Å². The van der Waals surface area contributed by atoms with E-state index in [0.717, 1.165) is 27.8 Å². The van der Waals surface area contributed by atoms with Crippen LogP contribution in [0.3, 0.4) is 0 Å². The number of rotatable bonds is 5. The maximum absolute atomic E-state index is 12.5. The van der Waals surface area contributed by atoms with E-state index in [1.807, 2.05) is 49.6 Å². The molecule has 1 heterocycles. The first kappa shape index (κ1) is 20.4. The number of carbonyl (C=O) groups excluding carboxylic acids is 2. The molecule has 0 aliphatic rings. The van der Waals surface area contributed by atoms with Gasteiger partial charge in [-0.3, -0.25) is 4.79 Å². The van der Waals surface area contributed by atoms with Crippen LogP contribution in [0.2, 0.25) is 0 Å². The van der Waals surface area contributed by atoms with Gasteiger partial charge in [0, 0.05) is 22.7 Å². The van der Waals surface area contributed by atoms with Gasteiger partial charge >= 0.3 is 5.97 Å². The number of ether oxygens (including phenoxy) is 1. The Balaban J connectivity index is 1.90. The predicted molar refractivity (Wildman–Crippen MR) is 119 cm³/mol. The largest absolute Gasteiger partial charge is 0.465 e. The summed E-state index contributed by atoms with van der Waals surface area (Å²) in [5.74, 6) is -0.818. The predicted octanol–water partition coefficient (Wildman–Crippen LogP) is 5.05. The number of amides is 1. The van der Waals surface area contributed by atoms with Gasteiger partial charge in [0.25, 0.3) is 0 Å². The highest BCUT2D eigenvalue weighted by molar-refractivity contribution is 7.15. The highest BCUT2D eigenvalue weighted by Gasteiger charge is 2.22. The fourth-order valence-corrected chi connectivity index (χ4v) is 3.86. The molecule has 0 unspecified atom stereocenters. The first-order chi connectivity index (χ1) is 13.9. The van der Waals surface area contributed by atoms with Crippen LogP contribution in [0, 0.1) is 13.8 Å². The molecule has 1 amide bonds. The molecule has 3 N–H and O–H groups in total. The third-order valence-electron chi connectivity index (χ3n) is 4.46. The van der Waals surface area contributed by atoms with Gasteiger partial charge in [-0.1, -0.05) is 35.9 Å². The molecule has 0 aliphatic carbocycles. The number of esters is 1. The summed E-state index contributed by atoms with van der Waals surface area (Å²) in [5.41, 5.74) is 11.4. The second-order valence-corrected chi connectivity index (χ2v) is 7.53. The lowest BCUT2D eigenvalue weighted by Crippen LogP contribution is -2.11. The monoisotopic (exact) mass is 406 g/mol. The Morgan fingerprint density at radius 1 is 1.07 bits per heavy atom. The van der Waals surface area contributed by atoms with E-state index in [2.05, 4.69) is 5.32 Å². The Labute approximate surface area is 173 Å². The summed E-state index contributed by atoms with van der Waals surface area (Å²) in [4.78, 5) is 24.9. The second kappa shape index (κ2) is 8.75. The molecular weight excluding hydrogens is 384 g/mol. The number of aryl methyl sites for hydroxylation is 2. The van der Waals surface area contributed by atoms with Gasteiger partial charge < -0.3 is 15.8 Å². The standard InChI is InChI=1S/C23H22N2O3S/c1-14-4-5-15(2)18(12-14)19-13-29-22(21(19)23(27)28-3)25-20(26)11-8-16-6-9-17(24)10-7-16/h4-13H,24H2,1-3H3,(H,25,26)/b11-8+. The van der Waals surface area contributed by atoms with Gasteiger partial charge in [0.1, 0.15) is 10.6 Å². The Kier molecular flexibility index (Phi) is 6.14. The zero-order chi connectivity index (χ0) is 21.0. The van der Waals surface area contributed by atoms with Crippen LogP contribution in [-0.4, -0.2) is 19.0 Å². The van der Waals surface area contributed by atoms with Crippen LogP contribution in [-0.2, 0) is 9.53 Å². The summed E-state index contributed by atoms with van der Waals surface area (Å²) >= 11 is 1.30. The Hall–Kier alpha value is -3.38. The number of anilines is 2. The van der Waals surface area contributed by atoms with Crippen molar-refractivity contribution in [3.63, 3.8) is 0 Å². The van der Waals surface area contributed by atoms with Gasteiger partial charge in [0.2, 0.25) is 5.91 Å². The number of hydrogen-bond donors (Lipinski definition) is 2. The third kappa shape index (κ3) is 4.73. The van der Waals surface area contributed by atoms with Crippen LogP contribution in [0.15, 0.2) is 53.9 Å². The maximum Gasteiger partial charge on any atom is 0.341 e. The van der Waals surface area contributed by atoms with Crippen molar-refractivity contribution in [1.29, 1.82) is 0 Å². The van der Waals surface area contributed by atoms with E-state index in [1.165, 1.54) is 24.5 Å². The molecule has 0 saturated heterocycles. The van der Waals surface area contributed by atoms with E-state index in [9.17, 15) is 9.59 Å². The number of nitrogens with two attached hydrogens (primary N) is 1. The minimum absolute atomic E-state index is 0.332. The smallest absolute Gasteiger partial charge is 0.341 e. The van der Waals surface area contributed by atoms with E-state index in [1.54, 1.807) is 18.2 Å². The molecule has 0 atom stereocenters. The van der Waals surface area contributed by atoms with Crippen LogP contribution in [0.4, 0.5) is 10.7 Å². The lowest BCUT2D eigenvalue weighted by atomic mass is 9.97. The zero-order valence-corrected chi connectivity index (χ0v) is 17.3. The molecule has 148 valence electrons. The van der Waals surface area contributed by atoms with E-state index >= 15 is 0 Å². The average Bonchev–Trinajstić information content (AvgIpc) is 3.12. The summed E-state index contributed by atoms with van der Waals surface area (Å²) < 4.78 is 4.98. The topological polar surface area (TPSA) is 81.4 Å². The Morgan fingerprint density at radius 2 is 1.79 bits per heavy atom. The van der Waals surface area contributed by atoms with E-state index in [4.69, 9.17) is 10.5 Å². The maximum atomic E-state index is 12.5. The van der Waals surface area contributed by atoms with Crippen molar-refractivity contribution in [3.05, 3.63) is 76.2 Å². The number of hydrogen-bond acceptors (Lipinski definition) is 5. The SMILES string of the molecule is COC(=O)c1c(-c2cc(C)ccc2C)csc1NC(=O)/C=C/c1ccc(N)cc1. The quantitative estimate of drug-likeness (QED) is 0.353. The number of methoxy groups -OCH3 is 1. The molecule has 0 saturated carbocycles. The normalized spacial score (nSPS) is 10.9. The summed E-state index contributed by atoms with van der Waals surface area (Å²) in [6, 6.07) is 13.2. The number of benzene rings is 2. The van der Waals surface area contributed by atoms with Gasteiger partial charge in [-0.15, -0.1) is 11.3 Å². The van der Waals surface area contributed by atoms with E-state index in [-0.39, 0.29) is 5.91 Å². The summed E-state index contributed by atoms with van der Waals surface area (Å²) in [7, 11) is 1.33. The Bertz CT molecular complexity index is 1080. The molecule has 3 rings (SSSR count). The lowest BCUT2D eigenvalue weighted by Gasteiger charge is -2.09. The lowest BCUT2D eigenvalue weighted by molar-refractivity contribution is -0.111. The van der Waals surface area contributed by atoms with Crippen molar-refractivity contribution in [1.82, 2.24) is 0 Å². The minimum atomic E-state index is -0.486. The van der Waals surface area contributed by atoms with Gasteiger partial charge in [-0.2, -0.15) is 0 Å². The number of nitrogens with one attached hydrogen (secondary N) is 1. The molecule has 1 aromatic heterocycles. The molecule has 0 spiro atoms. The van der Waals surface area contributed by atoms with E-state index < -0.39 is 5.97 Å². The molecule has 0 bridgehead atoms. The van der Waals surface area contributed by atoms with Gasteiger partial charge in [0.05, 0.1) is 7.11 Å². The number of thiophene rings is 1. The minimum Gasteiger partial charge on any atom is -0.465 e. The van der Waals surface area contributed by atoms with Gasteiger partial charge in [0.15, 0.2) is 0 Å². The second-order valence-electron chi connectivity index (χ2n) is 6.65. The Morgan fingerprint density at radius 3 is 2.48 bits per heavy atom. The van der Waals surface area contributed by atoms with Crippen molar-refractivity contribution in [2.45, 2.75) is 13.8 Å². The van der Waals surface area contributed by atoms with Crippen LogP contribution >= 0.6 is 11.3 Å². The molecule has 3 aromatic rings. The molecule has 2 aromatic carbocycles. The molecule has 29 heavy (non-hydrogen) atoms. The highest BCUT2D eigenvalue weighted by atomic mass is 32.1. The summed E-state index contributed by atoms with van der Waals surface area (Å²) in [6.07, 6.45) is 3.11. The van der Waals surface area contributed by atoms with Crippen molar-refractivity contribution in [2.24, 2.45) is 0 Å². The average molecular weight is 407 g/mol. The molecule has 0 aliphatic heterocycles. The highest BCUT2D eigenvalue weighted by Crippen LogP contribution is 2.38. The number of carbonyl (C=O) groups is 2. The fraction of sp³-hybridized carbons (Fsp3) is 0.130. The summed E-state index contributed by atoms with van der Waals surface area (Å²) in [6.45, 7) is 3.99. The van der Waals surface area contributed by atoms with Crippen LogP contribution < -0.4 is 11.1 Å². The van der Waals surface area contributed by atoms with Gasteiger partial charge in [-0.25, -0.2) is 4.79 Å². The van der Waals surface area contributed by atoms with Crippen molar-refractivity contribution < 1.29 is 14.3 Å². The van der Waals surface area contributed by atoms with Crippen molar-refractivity contribution in [2.75, 3.05) is 18.2 Å². The van der Waals surface area contributed by atoms with Gasteiger partial charge in [-0.05, 0) is 48.7 Å². The summed E-state index contributed by atoms with van der Waals surface area (Å²) in [5, 5.41) is 5.13. The molecular formula is C23H22N2O3S. The number of nitrogen functional groups attached to an aromatic ring is 1. The molecule has 6 heteroatoms. The molecule has 0 fully saturated rings. The first-order valence-electron chi connectivity index (χ1n) is 9.01. The van der Waals surface area contributed by atoms with Crippen molar-refractivity contribution >= 4 is 40.0 Å². The fourth-order valence-electron chi connectivity index (χ4n) is 2.91. The molecule has 5 nitrogen and oxygen atoms in total. The first-order valence-corrected chi connectivity index (χ1v) is 9.89. The third-order valence-corrected chi connectivity index (χ3v) is 5.36. The van der Waals surface area contributed by atoms with E-state index in [0.29, 0.717) is 16.3 Å².